The van der Waals surface area contributed by atoms with Gasteiger partial charge in [-0.05, 0) is 48.4 Å². The van der Waals surface area contributed by atoms with Crippen molar-refractivity contribution in [3.8, 4) is 18.1 Å². The van der Waals surface area contributed by atoms with E-state index < -0.39 is 5.91 Å². The highest BCUT2D eigenvalue weighted by molar-refractivity contribution is 6.31. The number of hydrogen-bond acceptors (Lipinski definition) is 3. The molecule has 0 atom stereocenters. The molecule has 0 aliphatic heterocycles. The summed E-state index contributed by atoms with van der Waals surface area (Å²) in [6, 6.07) is 10.2. The van der Waals surface area contributed by atoms with Gasteiger partial charge in [0.25, 0.3) is 5.91 Å². The Balaban J connectivity index is 2.16. The standard InChI is InChI=1S/C21H19ClN2O3/c1-4-11-27-19-12-15(6-5-14(19)2)7-10-20(25)24-18-13-16(22)8-9-17(18)21(26)23-3/h1,5-10,12-13H,11H2,2-3H3,(H,23,26)(H,24,25)/b10-7+. The largest absolute Gasteiger partial charge is 0.481 e. The number of anilines is 1. The maximum absolute atomic E-state index is 12.3. The van der Waals surface area contributed by atoms with Gasteiger partial charge >= 0.3 is 0 Å². The summed E-state index contributed by atoms with van der Waals surface area (Å²) in [5.41, 5.74) is 2.38. The first-order chi connectivity index (χ1) is 12.9. The Bertz CT molecular complexity index is 930. The number of ether oxygens (including phenoxy) is 1. The Morgan fingerprint density at radius 1 is 1.26 bits per heavy atom. The summed E-state index contributed by atoms with van der Waals surface area (Å²) in [5, 5.41) is 5.60. The van der Waals surface area contributed by atoms with Crippen LogP contribution in [0.25, 0.3) is 6.08 Å². The quantitative estimate of drug-likeness (QED) is 0.591. The third-order valence-electron chi connectivity index (χ3n) is 3.66. The molecular weight excluding hydrogens is 364 g/mol. The van der Waals surface area contributed by atoms with Crippen LogP contribution in [0.1, 0.15) is 21.5 Å². The Morgan fingerprint density at radius 3 is 2.74 bits per heavy atom. The topological polar surface area (TPSA) is 67.4 Å². The van der Waals surface area contributed by atoms with Gasteiger partial charge in [0.2, 0.25) is 5.91 Å². The Morgan fingerprint density at radius 2 is 2.04 bits per heavy atom. The molecule has 2 rings (SSSR count). The Labute approximate surface area is 163 Å². The number of aryl methyl sites for hydroxylation is 1. The molecule has 0 saturated carbocycles. The van der Waals surface area contributed by atoms with Gasteiger partial charge in [-0.15, -0.1) is 6.42 Å². The molecule has 0 aliphatic rings. The average molecular weight is 383 g/mol. The number of amides is 2. The van der Waals surface area contributed by atoms with Gasteiger partial charge in [-0.25, -0.2) is 0 Å². The monoisotopic (exact) mass is 382 g/mol. The number of benzene rings is 2. The molecule has 0 spiro atoms. The molecule has 2 aromatic rings. The zero-order chi connectivity index (χ0) is 19.8. The number of nitrogens with one attached hydrogen (secondary N) is 2. The van der Waals surface area contributed by atoms with Crippen molar-refractivity contribution in [1.29, 1.82) is 0 Å². The lowest BCUT2D eigenvalue weighted by atomic mass is 10.1. The first kappa shape index (κ1) is 20.1. The van der Waals surface area contributed by atoms with Crippen LogP contribution in [0.4, 0.5) is 5.69 Å². The minimum Gasteiger partial charge on any atom is -0.481 e. The number of carbonyl (C=O) groups excluding carboxylic acids is 2. The van der Waals surface area contributed by atoms with Crippen molar-refractivity contribution < 1.29 is 14.3 Å². The van der Waals surface area contributed by atoms with Crippen molar-refractivity contribution in [3.63, 3.8) is 0 Å². The van der Waals surface area contributed by atoms with Gasteiger partial charge < -0.3 is 15.4 Å². The van der Waals surface area contributed by atoms with Crippen molar-refractivity contribution in [2.24, 2.45) is 0 Å². The molecule has 0 heterocycles. The zero-order valence-electron chi connectivity index (χ0n) is 15.0. The molecule has 0 saturated heterocycles. The molecule has 27 heavy (non-hydrogen) atoms. The van der Waals surface area contributed by atoms with Crippen LogP contribution >= 0.6 is 11.6 Å². The van der Waals surface area contributed by atoms with E-state index in [1.165, 1.54) is 19.2 Å². The normalized spacial score (nSPS) is 10.3. The number of rotatable bonds is 6. The van der Waals surface area contributed by atoms with Crippen molar-refractivity contribution in [1.82, 2.24) is 5.32 Å². The van der Waals surface area contributed by atoms with E-state index >= 15 is 0 Å². The van der Waals surface area contributed by atoms with E-state index in [-0.39, 0.29) is 12.5 Å². The summed E-state index contributed by atoms with van der Waals surface area (Å²) >= 11 is 5.97. The molecule has 138 valence electrons. The third-order valence-corrected chi connectivity index (χ3v) is 3.90. The van der Waals surface area contributed by atoms with Gasteiger partial charge in [0, 0.05) is 18.1 Å². The lowest BCUT2D eigenvalue weighted by Gasteiger charge is -2.09. The second-order valence-electron chi connectivity index (χ2n) is 5.61. The number of carbonyl (C=O) groups is 2. The lowest BCUT2D eigenvalue weighted by Crippen LogP contribution is -2.20. The van der Waals surface area contributed by atoms with E-state index in [1.54, 1.807) is 24.3 Å². The van der Waals surface area contributed by atoms with Crippen LogP contribution in [-0.2, 0) is 4.79 Å². The van der Waals surface area contributed by atoms with Crippen molar-refractivity contribution in [2.75, 3.05) is 19.0 Å². The second kappa shape index (κ2) is 9.46. The van der Waals surface area contributed by atoms with Crippen LogP contribution < -0.4 is 15.4 Å². The molecule has 5 nitrogen and oxygen atoms in total. The van der Waals surface area contributed by atoms with Crippen molar-refractivity contribution in [2.45, 2.75) is 6.92 Å². The van der Waals surface area contributed by atoms with Gasteiger partial charge in [0.05, 0.1) is 11.3 Å². The second-order valence-corrected chi connectivity index (χ2v) is 6.05. The predicted octanol–water partition coefficient (Wildman–Crippen LogP) is 3.67. The van der Waals surface area contributed by atoms with Crippen LogP contribution in [0.5, 0.6) is 5.75 Å². The summed E-state index contributed by atoms with van der Waals surface area (Å²) < 4.78 is 5.47. The predicted molar refractivity (Wildman–Crippen MR) is 108 cm³/mol. The SMILES string of the molecule is C#CCOc1cc(/C=C/C(=O)Nc2cc(Cl)ccc2C(=O)NC)ccc1C. The van der Waals surface area contributed by atoms with Gasteiger partial charge in [-0.3, -0.25) is 9.59 Å². The van der Waals surface area contributed by atoms with E-state index in [4.69, 9.17) is 22.8 Å². The minimum absolute atomic E-state index is 0.172. The van der Waals surface area contributed by atoms with Crippen LogP contribution in [0.2, 0.25) is 5.02 Å². The van der Waals surface area contributed by atoms with Crippen molar-refractivity contribution >= 4 is 35.2 Å². The Hall–Kier alpha value is -3.23. The van der Waals surface area contributed by atoms with E-state index in [0.29, 0.717) is 22.0 Å². The summed E-state index contributed by atoms with van der Waals surface area (Å²) in [4.78, 5) is 24.2. The fourth-order valence-electron chi connectivity index (χ4n) is 2.29. The molecule has 0 bridgehead atoms. The lowest BCUT2D eigenvalue weighted by molar-refractivity contribution is -0.111. The zero-order valence-corrected chi connectivity index (χ0v) is 15.8. The molecule has 0 radical (unpaired) electrons. The van der Waals surface area contributed by atoms with E-state index in [2.05, 4.69) is 16.6 Å². The van der Waals surface area contributed by atoms with E-state index in [9.17, 15) is 9.59 Å². The molecule has 0 fully saturated rings. The fraction of sp³-hybridized carbons (Fsp3) is 0.143. The average Bonchev–Trinajstić information content (AvgIpc) is 2.66. The highest BCUT2D eigenvalue weighted by Crippen LogP contribution is 2.22. The Kier molecular flexibility index (Phi) is 7.04. The molecule has 6 heteroatoms. The number of hydrogen-bond donors (Lipinski definition) is 2. The first-order valence-electron chi connectivity index (χ1n) is 8.12. The molecule has 0 aliphatic carbocycles. The number of halogens is 1. The van der Waals surface area contributed by atoms with E-state index in [0.717, 1.165) is 11.1 Å². The highest BCUT2D eigenvalue weighted by atomic mass is 35.5. The third kappa shape index (κ3) is 5.63. The summed E-state index contributed by atoms with van der Waals surface area (Å²) in [7, 11) is 1.51. The van der Waals surface area contributed by atoms with Crippen molar-refractivity contribution in [3.05, 3.63) is 64.2 Å². The summed E-state index contributed by atoms with van der Waals surface area (Å²) in [6.45, 7) is 2.08. The molecule has 2 aromatic carbocycles. The van der Waals surface area contributed by atoms with Gasteiger partial charge in [-0.1, -0.05) is 29.7 Å². The molecule has 0 unspecified atom stereocenters. The highest BCUT2D eigenvalue weighted by Gasteiger charge is 2.12. The smallest absolute Gasteiger partial charge is 0.253 e. The van der Waals surface area contributed by atoms with Crippen LogP contribution in [0, 0.1) is 19.3 Å². The van der Waals surface area contributed by atoms with Crippen LogP contribution in [0.15, 0.2) is 42.5 Å². The summed E-state index contributed by atoms with van der Waals surface area (Å²) in [5.74, 6) is 2.36. The molecule has 2 N–H and O–H groups in total. The maximum Gasteiger partial charge on any atom is 0.253 e. The van der Waals surface area contributed by atoms with Gasteiger partial charge in [-0.2, -0.15) is 0 Å². The maximum atomic E-state index is 12.3. The van der Waals surface area contributed by atoms with Crippen LogP contribution in [0.3, 0.4) is 0 Å². The summed E-state index contributed by atoms with van der Waals surface area (Å²) in [6.07, 6.45) is 8.22. The number of terminal acetylenes is 1. The minimum atomic E-state index is -0.394. The molecule has 0 aromatic heterocycles. The molecule has 2 amide bonds. The van der Waals surface area contributed by atoms with E-state index in [1.807, 2.05) is 19.1 Å². The molecular formula is C21H19ClN2O3. The van der Waals surface area contributed by atoms with Gasteiger partial charge in [0.1, 0.15) is 12.4 Å². The first-order valence-corrected chi connectivity index (χ1v) is 8.50. The van der Waals surface area contributed by atoms with Gasteiger partial charge in [0.15, 0.2) is 0 Å². The fourth-order valence-corrected chi connectivity index (χ4v) is 2.47. The van der Waals surface area contributed by atoms with Crippen LogP contribution in [-0.4, -0.2) is 25.5 Å².